The number of benzene rings is 2. The first kappa shape index (κ1) is 15.6. The van der Waals surface area contributed by atoms with Crippen LogP contribution in [0, 0.1) is 6.92 Å². The Hall–Kier alpha value is -2.82. The van der Waals surface area contributed by atoms with Crippen LogP contribution < -0.4 is 5.32 Å². The summed E-state index contributed by atoms with van der Waals surface area (Å²) in [6.45, 7) is 1.79. The second kappa shape index (κ2) is 6.76. The first-order valence-corrected chi connectivity index (χ1v) is 6.88. The van der Waals surface area contributed by atoms with Crippen LogP contribution >= 0.6 is 0 Å². The Bertz CT molecular complexity index is 710. The molecular weight excluding hydrogens is 282 g/mol. The van der Waals surface area contributed by atoms with Crippen molar-refractivity contribution >= 4 is 17.6 Å². The van der Waals surface area contributed by atoms with Gasteiger partial charge in [0.15, 0.2) is 0 Å². The predicted octanol–water partition coefficient (Wildman–Crippen LogP) is 2.97. The molecule has 2 aromatic rings. The van der Waals surface area contributed by atoms with E-state index in [-0.39, 0.29) is 29.3 Å². The molecule has 2 aromatic carbocycles. The maximum absolute atomic E-state index is 12.0. The minimum Gasteiger partial charge on any atom is -0.508 e. The lowest BCUT2D eigenvalue weighted by Crippen LogP contribution is -2.15. The van der Waals surface area contributed by atoms with Crippen LogP contribution in [0.15, 0.2) is 42.5 Å². The van der Waals surface area contributed by atoms with Gasteiger partial charge in [0.05, 0.1) is 11.3 Å². The highest BCUT2D eigenvalue weighted by Gasteiger charge is 2.13. The SMILES string of the molecule is Cc1ccc(NC(=O)CCc2ccccc2O)c(C(=O)O)c1. The van der Waals surface area contributed by atoms with Crippen molar-refractivity contribution in [2.75, 3.05) is 5.32 Å². The fourth-order valence-corrected chi connectivity index (χ4v) is 2.13. The Balaban J connectivity index is 2.04. The summed E-state index contributed by atoms with van der Waals surface area (Å²) in [5, 5.41) is 21.4. The molecule has 114 valence electrons. The number of aromatic carboxylic acids is 1. The molecule has 0 saturated heterocycles. The Morgan fingerprint density at radius 3 is 2.55 bits per heavy atom. The van der Waals surface area contributed by atoms with Crippen molar-refractivity contribution in [1.82, 2.24) is 0 Å². The third-order valence-corrected chi connectivity index (χ3v) is 3.29. The number of hydrogen-bond donors (Lipinski definition) is 3. The molecule has 0 spiro atoms. The minimum absolute atomic E-state index is 0.0657. The maximum Gasteiger partial charge on any atom is 0.337 e. The molecule has 0 aliphatic rings. The summed E-state index contributed by atoms with van der Waals surface area (Å²) in [5.41, 5.74) is 1.83. The molecule has 3 N–H and O–H groups in total. The van der Waals surface area contributed by atoms with Crippen LogP contribution in [0.25, 0.3) is 0 Å². The van der Waals surface area contributed by atoms with E-state index in [0.717, 1.165) is 5.56 Å². The average Bonchev–Trinajstić information content (AvgIpc) is 2.48. The highest BCUT2D eigenvalue weighted by molar-refractivity contribution is 6.00. The summed E-state index contributed by atoms with van der Waals surface area (Å²) >= 11 is 0. The van der Waals surface area contributed by atoms with Crippen molar-refractivity contribution in [3.63, 3.8) is 0 Å². The van der Waals surface area contributed by atoms with E-state index in [1.807, 2.05) is 0 Å². The number of carbonyl (C=O) groups excluding carboxylic acids is 1. The van der Waals surface area contributed by atoms with Gasteiger partial charge in [-0.25, -0.2) is 4.79 Å². The van der Waals surface area contributed by atoms with Gasteiger partial charge >= 0.3 is 5.97 Å². The number of carboxylic acids is 1. The smallest absolute Gasteiger partial charge is 0.337 e. The zero-order chi connectivity index (χ0) is 16.1. The van der Waals surface area contributed by atoms with Gasteiger partial charge in [0.25, 0.3) is 0 Å². The number of carbonyl (C=O) groups is 2. The number of carboxylic acid groups (broad SMARTS) is 1. The molecule has 0 fully saturated rings. The van der Waals surface area contributed by atoms with Crippen molar-refractivity contribution in [3.8, 4) is 5.75 Å². The van der Waals surface area contributed by atoms with Gasteiger partial charge in [-0.2, -0.15) is 0 Å². The van der Waals surface area contributed by atoms with Crippen LogP contribution in [0.4, 0.5) is 5.69 Å². The van der Waals surface area contributed by atoms with Gasteiger partial charge in [0, 0.05) is 6.42 Å². The first-order valence-electron chi connectivity index (χ1n) is 6.88. The van der Waals surface area contributed by atoms with Crippen LogP contribution in [-0.4, -0.2) is 22.1 Å². The van der Waals surface area contributed by atoms with Gasteiger partial charge in [0.1, 0.15) is 5.75 Å². The fourth-order valence-electron chi connectivity index (χ4n) is 2.13. The predicted molar refractivity (Wildman–Crippen MR) is 83.2 cm³/mol. The van der Waals surface area contributed by atoms with Crippen LogP contribution in [-0.2, 0) is 11.2 Å². The number of anilines is 1. The van der Waals surface area contributed by atoms with Gasteiger partial charge in [-0.3, -0.25) is 4.79 Å². The number of rotatable bonds is 5. The number of nitrogens with one attached hydrogen (secondary N) is 1. The second-order valence-electron chi connectivity index (χ2n) is 5.03. The van der Waals surface area contributed by atoms with E-state index < -0.39 is 5.97 Å². The zero-order valence-electron chi connectivity index (χ0n) is 12.2. The minimum atomic E-state index is -1.08. The molecule has 1 amide bonds. The third-order valence-electron chi connectivity index (χ3n) is 3.29. The number of aromatic hydroxyl groups is 1. The molecule has 0 aromatic heterocycles. The molecule has 5 heteroatoms. The Morgan fingerprint density at radius 1 is 1.14 bits per heavy atom. The highest BCUT2D eigenvalue weighted by Crippen LogP contribution is 2.20. The standard InChI is InChI=1S/C17H17NO4/c1-11-6-8-14(13(10-11)17(21)22)18-16(20)9-7-12-4-2-3-5-15(12)19/h2-6,8,10,19H,7,9H2,1H3,(H,18,20)(H,21,22). The van der Waals surface area contributed by atoms with Crippen LogP contribution in [0.3, 0.4) is 0 Å². The lowest BCUT2D eigenvalue weighted by Gasteiger charge is -2.09. The quantitative estimate of drug-likeness (QED) is 0.792. The third kappa shape index (κ3) is 3.85. The lowest BCUT2D eigenvalue weighted by atomic mass is 10.1. The van der Waals surface area contributed by atoms with E-state index in [9.17, 15) is 14.7 Å². The van der Waals surface area contributed by atoms with Gasteiger partial charge in [-0.15, -0.1) is 0 Å². The van der Waals surface area contributed by atoms with Crippen molar-refractivity contribution in [2.45, 2.75) is 19.8 Å². The topological polar surface area (TPSA) is 86.6 Å². The van der Waals surface area contributed by atoms with Crippen molar-refractivity contribution in [2.24, 2.45) is 0 Å². The van der Waals surface area contributed by atoms with Crippen molar-refractivity contribution in [1.29, 1.82) is 0 Å². The van der Waals surface area contributed by atoms with Gasteiger partial charge in [-0.05, 0) is 37.1 Å². The molecule has 2 rings (SSSR count). The molecule has 0 atom stereocenters. The number of amides is 1. The van der Waals surface area contributed by atoms with E-state index in [1.165, 1.54) is 6.07 Å². The zero-order valence-corrected chi connectivity index (χ0v) is 12.2. The first-order chi connectivity index (χ1) is 10.5. The molecule has 0 unspecified atom stereocenters. The van der Waals surface area contributed by atoms with Gasteiger partial charge < -0.3 is 15.5 Å². The van der Waals surface area contributed by atoms with E-state index in [0.29, 0.717) is 12.0 Å². The summed E-state index contributed by atoms with van der Waals surface area (Å²) in [5.74, 6) is -1.23. The molecule has 22 heavy (non-hydrogen) atoms. The van der Waals surface area contributed by atoms with Crippen LogP contribution in [0.2, 0.25) is 0 Å². The Kier molecular flexibility index (Phi) is 4.78. The largest absolute Gasteiger partial charge is 0.508 e. The lowest BCUT2D eigenvalue weighted by molar-refractivity contribution is -0.116. The maximum atomic E-state index is 12.0. The molecule has 0 aliphatic carbocycles. The van der Waals surface area contributed by atoms with Crippen LogP contribution in [0.1, 0.15) is 27.9 Å². The van der Waals surface area contributed by atoms with Gasteiger partial charge in [-0.1, -0.05) is 29.8 Å². The molecule has 0 bridgehead atoms. The van der Waals surface area contributed by atoms with Crippen molar-refractivity contribution < 1.29 is 19.8 Å². The summed E-state index contributed by atoms with van der Waals surface area (Å²) < 4.78 is 0. The van der Waals surface area contributed by atoms with E-state index in [1.54, 1.807) is 43.3 Å². The van der Waals surface area contributed by atoms with Crippen LogP contribution in [0.5, 0.6) is 5.75 Å². The van der Waals surface area contributed by atoms with E-state index in [2.05, 4.69) is 5.32 Å². The molecular formula is C17H17NO4. The number of aryl methyl sites for hydroxylation is 2. The average molecular weight is 299 g/mol. The number of para-hydroxylation sites is 1. The summed E-state index contributed by atoms with van der Waals surface area (Å²) in [6.07, 6.45) is 0.539. The highest BCUT2D eigenvalue weighted by atomic mass is 16.4. The molecule has 0 saturated carbocycles. The van der Waals surface area contributed by atoms with Crippen molar-refractivity contribution in [3.05, 3.63) is 59.2 Å². The van der Waals surface area contributed by atoms with Gasteiger partial charge in [0.2, 0.25) is 5.91 Å². The molecule has 0 aliphatic heterocycles. The Labute approximate surface area is 128 Å². The second-order valence-corrected chi connectivity index (χ2v) is 5.03. The Morgan fingerprint density at radius 2 is 1.86 bits per heavy atom. The molecule has 0 heterocycles. The van der Waals surface area contributed by atoms with E-state index >= 15 is 0 Å². The number of hydrogen-bond acceptors (Lipinski definition) is 3. The molecule has 0 radical (unpaired) electrons. The normalized spacial score (nSPS) is 10.2. The summed E-state index contributed by atoms with van der Waals surface area (Å²) in [6, 6.07) is 11.6. The van der Waals surface area contributed by atoms with E-state index in [4.69, 9.17) is 5.11 Å². The summed E-state index contributed by atoms with van der Waals surface area (Å²) in [4.78, 5) is 23.2. The fraction of sp³-hybridized carbons (Fsp3) is 0.176. The molecule has 5 nitrogen and oxygen atoms in total. The number of phenols is 1. The number of phenolic OH excluding ortho intramolecular Hbond substituents is 1. The summed E-state index contributed by atoms with van der Waals surface area (Å²) in [7, 11) is 0. The monoisotopic (exact) mass is 299 g/mol.